The molecule has 0 aliphatic carbocycles. The Balaban J connectivity index is 1.90. The van der Waals surface area contributed by atoms with Crippen LogP contribution < -0.4 is 5.32 Å². The van der Waals surface area contributed by atoms with Gasteiger partial charge < -0.3 is 10.1 Å². The quantitative estimate of drug-likeness (QED) is 0.505. The average molecular weight is 342 g/mol. The molecule has 0 saturated heterocycles. The highest BCUT2D eigenvalue weighted by Crippen LogP contribution is 2.23. The number of hydrogen-bond acceptors (Lipinski definition) is 7. The molecule has 122 valence electrons. The van der Waals surface area contributed by atoms with Crippen molar-refractivity contribution in [2.45, 2.75) is 18.7 Å². The van der Waals surface area contributed by atoms with Crippen molar-refractivity contribution in [3.63, 3.8) is 0 Å². The number of nitrogens with zero attached hydrogens (tertiary/aromatic N) is 3. The normalized spacial score (nSPS) is 9.88. The number of thioether (sulfide) groups is 1. The fourth-order valence-corrected chi connectivity index (χ4v) is 2.26. The van der Waals surface area contributed by atoms with E-state index in [1.54, 1.807) is 25.1 Å². The van der Waals surface area contributed by atoms with Gasteiger partial charge in [-0.25, -0.2) is 9.78 Å². The molecule has 7 nitrogen and oxygen atoms in total. The first-order valence-electron chi connectivity index (χ1n) is 6.92. The second kappa shape index (κ2) is 8.08. The van der Waals surface area contributed by atoms with Crippen molar-refractivity contribution in [2.75, 3.05) is 11.9 Å². The number of hydrogen-bond donors (Lipinski definition) is 1. The van der Waals surface area contributed by atoms with E-state index in [-0.39, 0.29) is 5.69 Å². The van der Waals surface area contributed by atoms with Gasteiger partial charge >= 0.3 is 5.97 Å². The fraction of sp³-hybridized carbons (Fsp3) is 0.188. The summed E-state index contributed by atoms with van der Waals surface area (Å²) in [6, 6.07) is 5.21. The van der Waals surface area contributed by atoms with Gasteiger partial charge in [-0.15, -0.1) is 0 Å². The molecule has 2 rings (SSSR count). The predicted octanol–water partition coefficient (Wildman–Crippen LogP) is 2.46. The van der Waals surface area contributed by atoms with Crippen molar-refractivity contribution in [1.82, 2.24) is 9.97 Å². The minimum absolute atomic E-state index is 0.0439. The number of carbonyl (C=O) groups excluding carboxylic acids is 2. The van der Waals surface area contributed by atoms with Gasteiger partial charge in [-0.2, -0.15) is 5.26 Å². The van der Waals surface area contributed by atoms with Crippen LogP contribution in [0, 0.1) is 24.5 Å². The topological polar surface area (TPSA) is 105 Å². The van der Waals surface area contributed by atoms with Gasteiger partial charge in [0.2, 0.25) is 0 Å². The van der Waals surface area contributed by atoms with Gasteiger partial charge in [0.15, 0.2) is 12.3 Å². The molecule has 1 aromatic carbocycles. The van der Waals surface area contributed by atoms with E-state index < -0.39 is 18.5 Å². The number of ether oxygens (including phenoxy) is 1. The number of esters is 1. The Morgan fingerprint density at radius 3 is 2.71 bits per heavy atom. The second-order valence-corrected chi connectivity index (χ2v) is 5.70. The second-order valence-electron chi connectivity index (χ2n) is 4.84. The summed E-state index contributed by atoms with van der Waals surface area (Å²) in [5.41, 5.74) is 2.12. The lowest BCUT2D eigenvalue weighted by Gasteiger charge is -2.09. The van der Waals surface area contributed by atoms with Crippen LogP contribution in [0.4, 0.5) is 5.69 Å². The van der Waals surface area contributed by atoms with Crippen LogP contribution in [0.25, 0.3) is 0 Å². The predicted molar refractivity (Wildman–Crippen MR) is 88.3 cm³/mol. The number of thiocyanates is 1. The summed E-state index contributed by atoms with van der Waals surface area (Å²) in [5, 5.41) is 13.3. The van der Waals surface area contributed by atoms with Gasteiger partial charge in [-0.3, -0.25) is 9.78 Å². The van der Waals surface area contributed by atoms with E-state index in [9.17, 15) is 9.59 Å². The number of rotatable bonds is 5. The molecule has 0 fully saturated rings. The van der Waals surface area contributed by atoms with Crippen LogP contribution in [0.2, 0.25) is 0 Å². The molecule has 0 aliphatic rings. The van der Waals surface area contributed by atoms with Crippen molar-refractivity contribution >= 4 is 29.3 Å². The molecule has 1 amide bonds. The van der Waals surface area contributed by atoms with Gasteiger partial charge in [-0.1, -0.05) is 0 Å². The summed E-state index contributed by atoms with van der Waals surface area (Å²) in [6.45, 7) is 3.13. The molecule has 8 heteroatoms. The Labute approximate surface area is 143 Å². The van der Waals surface area contributed by atoms with E-state index in [0.29, 0.717) is 11.4 Å². The summed E-state index contributed by atoms with van der Waals surface area (Å²) in [4.78, 5) is 32.3. The number of nitrogens with one attached hydrogen (secondary N) is 1. The molecule has 0 aliphatic heterocycles. The molecular weight excluding hydrogens is 328 g/mol. The van der Waals surface area contributed by atoms with Crippen LogP contribution in [0.15, 0.2) is 35.5 Å². The van der Waals surface area contributed by atoms with Crippen LogP contribution in [0.5, 0.6) is 0 Å². The zero-order chi connectivity index (χ0) is 17.5. The Morgan fingerprint density at radius 1 is 1.29 bits per heavy atom. The number of amides is 1. The lowest BCUT2D eigenvalue weighted by molar-refractivity contribution is -0.119. The van der Waals surface area contributed by atoms with Crippen LogP contribution in [-0.4, -0.2) is 28.5 Å². The summed E-state index contributed by atoms with van der Waals surface area (Å²) in [5.74, 6) is -1.18. The lowest BCUT2D eigenvalue weighted by Crippen LogP contribution is -2.21. The van der Waals surface area contributed by atoms with E-state index in [0.717, 1.165) is 22.2 Å². The number of anilines is 1. The minimum Gasteiger partial charge on any atom is -0.451 e. The molecule has 0 radical (unpaired) electrons. The maximum absolute atomic E-state index is 11.9. The minimum atomic E-state index is -0.713. The molecule has 0 saturated carbocycles. The Hall–Kier alpha value is -2.92. The van der Waals surface area contributed by atoms with Crippen molar-refractivity contribution in [1.29, 1.82) is 5.26 Å². The molecular formula is C16H14N4O3S. The average Bonchev–Trinajstić information content (AvgIpc) is 2.56. The highest BCUT2D eigenvalue weighted by molar-refractivity contribution is 8.03. The summed E-state index contributed by atoms with van der Waals surface area (Å²) in [7, 11) is 0. The SMILES string of the molecule is Cc1cnc(C(=O)OCC(=O)Nc2ccc(SC#N)cc2C)cn1. The van der Waals surface area contributed by atoms with E-state index in [4.69, 9.17) is 10.00 Å². The lowest BCUT2D eigenvalue weighted by atomic mass is 10.2. The molecule has 0 spiro atoms. The summed E-state index contributed by atoms with van der Waals surface area (Å²) >= 11 is 1.04. The van der Waals surface area contributed by atoms with E-state index in [1.807, 2.05) is 12.3 Å². The first-order valence-corrected chi connectivity index (χ1v) is 7.73. The van der Waals surface area contributed by atoms with Crippen molar-refractivity contribution in [3.8, 4) is 5.40 Å². The molecule has 1 heterocycles. The highest BCUT2D eigenvalue weighted by Gasteiger charge is 2.12. The van der Waals surface area contributed by atoms with E-state index in [1.165, 1.54) is 12.4 Å². The Morgan fingerprint density at radius 2 is 2.08 bits per heavy atom. The zero-order valence-corrected chi connectivity index (χ0v) is 13.9. The van der Waals surface area contributed by atoms with Gasteiger partial charge in [-0.05, 0) is 49.4 Å². The molecule has 0 atom stereocenters. The molecule has 1 N–H and O–H groups in total. The van der Waals surface area contributed by atoms with Crippen molar-refractivity contribution in [3.05, 3.63) is 47.5 Å². The zero-order valence-electron chi connectivity index (χ0n) is 13.1. The summed E-state index contributed by atoms with van der Waals surface area (Å²) < 4.78 is 4.90. The van der Waals surface area contributed by atoms with Crippen LogP contribution in [0.1, 0.15) is 21.7 Å². The standard InChI is InChI=1S/C16H14N4O3S/c1-10-5-12(24-9-17)3-4-13(10)20-15(21)8-23-16(22)14-7-18-11(2)6-19-14/h3-7H,8H2,1-2H3,(H,20,21). The smallest absolute Gasteiger partial charge is 0.359 e. The number of aryl methyl sites for hydroxylation is 2. The number of nitriles is 1. The first-order chi connectivity index (χ1) is 11.5. The summed E-state index contributed by atoms with van der Waals surface area (Å²) in [6.07, 6.45) is 2.74. The van der Waals surface area contributed by atoms with E-state index >= 15 is 0 Å². The fourth-order valence-electron chi connectivity index (χ4n) is 1.78. The first kappa shape index (κ1) is 17.4. The number of aromatic nitrogens is 2. The van der Waals surface area contributed by atoms with E-state index in [2.05, 4.69) is 15.3 Å². The van der Waals surface area contributed by atoms with Gasteiger partial charge in [0.05, 0.1) is 11.9 Å². The van der Waals surface area contributed by atoms with Gasteiger partial charge in [0.1, 0.15) is 5.40 Å². The van der Waals surface area contributed by atoms with Crippen molar-refractivity contribution < 1.29 is 14.3 Å². The molecule has 2 aromatic rings. The van der Waals surface area contributed by atoms with Crippen LogP contribution in [0.3, 0.4) is 0 Å². The monoisotopic (exact) mass is 342 g/mol. The number of benzene rings is 1. The van der Waals surface area contributed by atoms with Gasteiger partial charge in [0, 0.05) is 16.8 Å². The Kier molecular flexibility index (Phi) is 5.87. The van der Waals surface area contributed by atoms with Crippen LogP contribution in [-0.2, 0) is 9.53 Å². The van der Waals surface area contributed by atoms with Crippen LogP contribution >= 0.6 is 11.8 Å². The number of carbonyl (C=O) groups is 2. The third-order valence-electron chi connectivity index (χ3n) is 2.96. The molecule has 1 aromatic heterocycles. The maximum atomic E-state index is 11.9. The van der Waals surface area contributed by atoms with Gasteiger partial charge in [0.25, 0.3) is 5.91 Å². The highest BCUT2D eigenvalue weighted by atomic mass is 32.2. The maximum Gasteiger partial charge on any atom is 0.359 e. The largest absolute Gasteiger partial charge is 0.451 e. The molecule has 24 heavy (non-hydrogen) atoms. The molecule has 0 bridgehead atoms. The van der Waals surface area contributed by atoms with Crippen molar-refractivity contribution in [2.24, 2.45) is 0 Å². The third-order valence-corrected chi connectivity index (χ3v) is 3.54. The third kappa shape index (κ3) is 4.79. The Bertz CT molecular complexity index is 800. The molecule has 0 unspecified atom stereocenters.